The van der Waals surface area contributed by atoms with Crippen LogP contribution >= 0.6 is 0 Å². The maximum Gasteiger partial charge on any atom is 0.306 e. The van der Waals surface area contributed by atoms with Crippen LogP contribution in [0.1, 0.15) is 278 Å². The van der Waals surface area contributed by atoms with E-state index in [9.17, 15) is 14.4 Å². The Bertz CT molecular complexity index is 1260. The van der Waals surface area contributed by atoms with Gasteiger partial charge >= 0.3 is 17.9 Å². The van der Waals surface area contributed by atoms with Crippen LogP contribution < -0.4 is 0 Å². The van der Waals surface area contributed by atoms with Crippen molar-refractivity contribution >= 4 is 17.9 Å². The third kappa shape index (κ3) is 53.7. The number of unbranched alkanes of at least 4 members (excludes halogenated alkanes) is 30. The van der Waals surface area contributed by atoms with Gasteiger partial charge < -0.3 is 14.2 Å². The molecule has 6 nitrogen and oxygen atoms in total. The highest BCUT2D eigenvalue weighted by atomic mass is 16.6. The van der Waals surface area contributed by atoms with Crippen LogP contribution in [0.15, 0.2) is 72.9 Å². The molecule has 0 aromatic heterocycles. The highest BCUT2D eigenvalue weighted by molar-refractivity contribution is 5.71. The first-order chi connectivity index (χ1) is 33.0. The molecule has 0 aliphatic carbocycles. The first kappa shape index (κ1) is 63.8. The molecule has 0 aliphatic heterocycles. The molecule has 1 unspecified atom stereocenters. The molecule has 0 aromatic rings. The summed E-state index contributed by atoms with van der Waals surface area (Å²) in [7, 11) is 0. The summed E-state index contributed by atoms with van der Waals surface area (Å²) in [6.45, 7) is 6.56. The zero-order chi connectivity index (χ0) is 48.6. The highest BCUT2D eigenvalue weighted by Gasteiger charge is 2.19. The van der Waals surface area contributed by atoms with E-state index < -0.39 is 6.10 Å². The lowest BCUT2D eigenvalue weighted by atomic mass is 10.1. The SMILES string of the molecule is CCCCCCCC/C=C\C/C=C\CCC(=O)OCC(COC(=O)CCCCCCC/C=C\C=C/CCCCCCCCC)OC(=O)CCCCCCC/C=C\C=C/CCCCCCCCC. The van der Waals surface area contributed by atoms with Crippen LogP contribution in [-0.4, -0.2) is 37.2 Å². The lowest BCUT2D eigenvalue weighted by Crippen LogP contribution is -2.30. The first-order valence-corrected chi connectivity index (χ1v) is 28.5. The van der Waals surface area contributed by atoms with E-state index >= 15 is 0 Å². The summed E-state index contributed by atoms with van der Waals surface area (Å²) in [4.78, 5) is 38.1. The molecule has 0 radical (unpaired) electrons. The molecule has 0 spiro atoms. The fourth-order valence-electron chi connectivity index (χ4n) is 7.89. The normalized spacial score (nSPS) is 12.6. The fraction of sp³-hybridized carbons (Fsp3) is 0.754. The monoisotopic (exact) mass is 935 g/mol. The van der Waals surface area contributed by atoms with Gasteiger partial charge in [-0.3, -0.25) is 14.4 Å². The van der Waals surface area contributed by atoms with E-state index in [-0.39, 0.29) is 37.5 Å². The van der Waals surface area contributed by atoms with E-state index in [4.69, 9.17) is 14.2 Å². The van der Waals surface area contributed by atoms with Crippen molar-refractivity contribution in [3.05, 3.63) is 72.9 Å². The number of carbonyl (C=O) groups is 3. The van der Waals surface area contributed by atoms with Crippen molar-refractivity contribution in [2.75, 3.05) is 13.2 Å². The van der Waals surface area contributed by atoms with Crippen LogP contribution in [0.4, 0.5) is 0 Å². The van der Waals surface area contributed by atoms with Crippen molar-refractivity contribution in [2.45, 2.75) is 284 Å². The number of allylic oxidation sites excluding steroid dienone is 12. The summed E-state index contributed by atoms with van der Waals surface area (Å²) >= 11 is 0. The van der Waals surface area contributed by atoms with Crippen LogP contribution in [0.5, 0.6) is 0 Å². The standard InChI is InChI=1S/C61H106O6/c1-4-7-10-13-16-19-22-25-27-29-31-33-36-39-42-45-48-51-54-60(63)66-57-58(56-65-59(62)53-50-47-44-41-38-35-24-21-18-15-12-9-6-3)67-61(64)55-52-49-46-43-40-37-34-32-30-28-26-23-20-17-14-11-8-5-2/h27-35,38,44,47,58H,4-26,36-37,39-43,45-46,48-57H2,1-3H3/b29-27-,30-28-,33-31-,34-32-,38-35-,47-44-. The predicted molar refractivity (Wildman–Crippen MR) is 288 cm³/mol. The van der Waals surface area contributed by atoms with E-state index in [1.54, 1.807) is 0 Å². The van der Waals surface area contributed by atoms with Crippen LogP contribution in [-0.2, 0) is 28.6 Å². The molecule has 386 valence electrons. The average Bonchev–Trinajstić information content (AvgIpc) is 3.33. The van der Waals surface area contributed by atoms with Gasteiger partial charge in [0.25, 0.3) is 0 Å². The minimum atomic E-state index is -0.813. The smallest absolute Gasteiger partial charge is 0.306 e. The Morgan fingerprint density at radius 1 is 0.313 bits per heavy atom. The topological polar surface area (TPSA) is 78.9 Å². The van der Waals surface area contributed by atoms with Gasteiger partial charge in [-0.2, -0.15) is 0 Å². The third-order valence-corrected chi connectivity index (χ3v) is 12.2. The molecule has 0 aliphatic rings. The van der Waals surface area contributed by atoms with Gasteiger partial charge in [0.2, 0.25) is 0 Å². The molecule has 0 bridgehead atoms. The molecule has 0 fully saturated rings. The number of esters is 3. The van der Waals surface area contributed by atoms with Gasteiger partial charge in [-0.1, -0.05) is 241 Å². The highest BCUT2D eigenvalue weighted by Crippen LogP contribution is 2.14. The molecule has 0 heterocycles. The van der Waals surface area contributed by atoms with E-state index in [2.05, 4.69) is 87.6 Å². The summed E-state index contributed by atoms with van der Waals surface area (Å²) < 4.78 is 16.8. The molecule has 1 atom stereocenters. The third-order valence-electron chi connectivity index (χ3n) is 12.2. The molecule has 67 heavy (non-hydrogen) atoms. The van der Waals surface area contributed by atoms with Gasteiger partial charge in [0.15, 0.2) is 6.10 Å². The van der Waals surface area contributed by atoms with E-state index in [1.807, 2.05) is 6.08 Å². The van der Waals surface area contributed by atoms with Gasteiger partial charge in [-0.25, -0.2) is 0 Å². The molecule has 0 saturated heterocycles. The average molecular weight is 936 g/mol. The summed E-state index contributed by atoms with van der Waals surface area (Å²) in [5.74, 6) is -1.000. The van der Waals surface area contributed by atoms with Gasteiger partial charge in [-0.15, -0.1) is 0 Å². The second-order valence-corrected chi connectivity index (χ2v) is 18.9. The molecular formula is C61H106O6. The van der Waals surface area contributed by atoms with Crippen molar-refractivity contribution in [1.29, 1.82) is 0 Å². The zero-order valence-corrected chi connectivity index (χ0v) is 44.2. The van der Waals surface area contributed by atoms with E-state index in [1.165, 1.54) is 141 Å². The first-order valence-electron chi connectivity index (χ1n) is 28.5. The van der Waals surface area contributed by atoms with Crippen LogP contribution in [0, 0.1) is 0 Å². The fourth-order valence-corrected chi connectivity index (χ4v) is 7.89. The van der Waals surface area contributed by atoms with Crippen molar-refractivity contribution in [3.8, 4) is 0 Å². The Morgan fingerprint density at radius 3 is 1.00 bits per heavy atom. The number of rotatable bonds is 51. The minimum Gasteiger partial charge on any atom is -0.462 e. The Labute approximate surface area is 414 Å². The molecule has 6 heteroatoms. The lowest BCUT2D eigenvalue weighted by Gasteiger charge is -2.18. The van der Waals surface area contributed by atoms with Crippen LogP contribution in [0.25, 0.3) is 0 Å². The molecular weight excluding hydrogens is 829 g/mol. The molecule has 0 rings (SSSR count). The van der Waals surface area contributed by atoms with Crippen molar-refractivity contribution in [1.82, 2.24) is 0 Å². The van der Waals surface area contributed by atoms with E-state index in [0.717, 1.165) is 89.9 Å². The molecule has 0 aromatic carbocycles. The Balaban J connectivity index is 4.47. The van der Waals surface area contributed by atoms with Crippen molar-refractivity contribution in [3.63, 3.8) is 0 Å². The van der Waals surface area contributed by atoms with Crippen LogP contribution in [0.2, 0.25) is 0 Å². The summed E-state index contributed by atoms with van der Waals surface area (Å²) in [5.41, 5.74) is 0. The largest absolute Gasteiger partial charge is 0.462 e. The van der Waals surface area contributed by atoms with Gasteiger partial charge in [0.1, 0.15) is 13.2 Å². The van der Waals surface area contributed by atoms with Crippen LogP contribution in [0.3, 0.4) is 0 Å². The summed E-state index contributed by atoms with van der Waals surface area (Å²) in [5, 5.41) is 0. The Morgan fingerprint density at radius 2 is 0.612 bits per heavy atom. The zero-order valence-electron chi connectivity index (χ0n) is 44.2. The lowest BCUT2D eigenvalue weighted by molar-refractivity contribution is -0.166. The van der Waals surface area contributed by atoms with Crippen molar-refractivity contribution in [2.24, 2.45) is 0 Å². The second kappa shape index (κ2) is 55.4. The number of hydrogen-bond donors (Lipinski definition) is 0. The molecule has 0 amide bonds. The van der Waals surface area contributed by atoms with Gasteiger partial charge in [-0.05, 0) is 89.9 Å². The van der Waals surface area contributed by atoms with Gasteiger partial charge in [0.05, 0.1) is 0 Å². The summed E-state index contributed by atoms with van der Waals surface area (Å²) in [6, 6.07) is 0. The maximum absolute atomic E-state index is 12.8. The van der Waals surface area contributed by atoms with E-state index in [0.29, 0.717) is 19.3 Å². The summed E-state index contributed by atoms with van der Waals surface area (Å²) in [6.07, 6.45) is 70.5. The van der Waals surface area contributed by atoms with Gasteiger partial charge in [0, 0.05) is 19.3 Å². The Hall–Kier alpha value is -3.15. The minimum absolute atomic E-state index is 0.107. The Kier molecular flexibility index (Phi) is 52.8. The maximum atomic E-state index is 12.8. The molecule has 0 saturated carbocycles. The number of ether oxygens (including phenoxy) is 3. The molecule has 0 N–H and O–H groups in total. The number of hydrogen-bond acceptors (Lipinski definition) is 6. The quantitative estimate of drug-likeness (QED) is 0.0199. The number of carbonyl (C=O) groups excluding carboxylic acids is 3. The second-order valence-electron chi connectivity index (χ2n) is 18.9. The predicted octanol–water partition coefficient (Wildman–Crippen LogP) is 19.0. The van der Waals surface area contributed by atoms with Crippen molar-refractivity contribution < 1.29 is 28.6 Å².